The van der Waals surface area contributed by atoms with Crippen LogP contribution >= 0.6 is 0 Å². The number of hydrogen-bond acceptors (Lipinski definition) is 1. The van der Waals surface area contributed by atoms with E-state index in [9.17, 15) is 0 Å². The van der Waals surface area contributed by atoms with E-state index in [-0.39, 0.29) is 0 Å². The fraction of sp³-hybridized carbons (Fsp3) is 0.800. The van der Waals surface area contributed by atoms with Crippen molar-refractivity contribution in [1.82, 2.24) is 5.32 Å². The molecule has 0 aromatic heterocycles. The van der Waals surface area contributed by atoms with Crippen LogP contribution in [0.1, 0.15) is 26.2 Å². The van der Waals surface area contributed by atoms with E-state index < -0.39 is 0 Å². The molecule has 0 spiro atoms. The van der Waals surface area contributed by atoms with Crippen LogP contribution in [0.3, 0.4) is 0 Å². The van der Waals surface area contributed by atoms with Crippen LogP contribution in [0.15, 0.2) is 12.7 Å². The fourth-order valence-corrected chi connectivity index (χ4v) is 1.90. The summed E-state index contributed by atoms with van der Waals surface area (Å²) in [4.78, 5) is 0. The molecule has 1 aliphatic carbocycles. The van der Waals surface area contributed by atoms with E-state index in [0.29, 0.717) is 0 Å². The van der Waals surface area contributed by atoms with Gasteiger partial charge >= 0.3 is 0 Å². The minimum absolute atomic E-state index is 0.935. The Hall–Kier alpha value is -0.300. The summed E-state index contributed by atoms with van der Waals surface area (Å²) in [5.41, 5.74) is 0. The summed E-state index contributed by atoms with van der Waals surface area (Å²) in [5, 5.41) is 3.38. The van der Waals surface area contributed by atoms with Gasteiger partial charge in [0.2, 0.25) is 0 Å². The summed E-state index contributed by atoms with van der Waals surface area (Å²) in [6, 6.07) is 0. The molecular formula is C10H19N. The highest BCUT2D eigenvalue weighted by atomic mass is 14.8. The fourth-order valence-electron chi connectivity index (χ4n) is 1.90. The van der Waals surface area contributed by atoms with Crippen molar-refractivity contribution in [2.45, 2.75) is 26.2 Å². The normalized spacial score (nSPS) is 30.6. The highest BCUT2D eigenvalue weighted by Gasteiger charge is 2.20. The monoisotopic (exact) mass is 153 g/mol. The van der Waals surface area contributed by atoms with Crippen molar-refractivity contribution in [3.63, 3.8) is 0 Å². The van der Waals surface area contributed by atoms with Crippen molar-refractivity contribution in [2.75, 3.05) is 13.1 Å². The van der Waals surface area contributed by atoms with Crippen LogP contribution in [0.25, 0.3) is 0 Å². The highest BCUT2D eigenvalue weighted by Crippen LogP contribution is 2.29. The van der Waals surface area contributed by atoms with Crippen LogP contribution < -0.4 is 5.32 Å². The quantitative estimate of drug-likeness (QED) is 0.482. The first-order chi connectivity index (χ1) is 5.33. The molecule has 0 aromatic carbocycles. The Morgan fingerprint density at radius 1 is 1.55 bits per heavy atom. The van der Waals surface area contributed by atoms with Crippen LogP contribution in [-0.2, 0) is 0 Å². The van der Waals surface area contributed by atoms with Gasteiger partial charge < -0.3 is 5.32 Å². The molecule has 1 rings (SSSR count). The lowest BCUT2D eigenvalue weighted by atomic mass is 10.1. The number of hydrogen-bond donors (Lipinski definition) is 1. The molecule has 0 heterocycles. The molecule has 0 bridgehead atoms. The molecule has 0 radical (unpaired) electrons. The highest BCUT2D eigenvalue weighted by molar-refractivity contribution is 4.76. The predicted molar refractivity (Wildman–Crippen MR) is 49.6 cm³/mol. The molecule has 11 heavy (non-hydrogen) atoms. The summed E-state index contributed by atoms with van der Waals surface area (Å²) >= 11 is 0. The molecule has 0 saturated heterocycles. The summed E-state index contributed by atoms with van der Waals surface area (Å²) < 4.78 is 0. The van der Waals surface area contributed by atoms with Crippen LogP contribution in [0.4, 0.5) is 0 Å². The molecular weight excluding hydrogens is 134 g/mol. The Bertz CT molecular complexity index is 120. The third kappa shape index (κ3) is 3.06. The van der Waals surface area contributed by atoms with E-state index in [1.165, 1.54) is 25.8 Å². The van der Waals surface area contributed by atoms with Crippen LogP contribution in [0.2, 0.25) is 0 Å². The van der Waals surface area contributed by atoms with Gasteiger partial charge in [-0.25, -0.2) is 0 Å². The number of nitrogens with one attached hydrogen (secondary N) is 1. The molecule has 1 nitrogen and oxygen atoms in total. The average Bonchev–Trinajstić information content (AvgIpc) is 2.37. The van der Waals surface area contributed by atoms with E-state index in [2.05, 4.69) is 18.8 Å². The lowest BCUT2D eigenvalue weighted by molar-refractivity contribution is 0.483. The molecule has 1 saturated carbocycles. The van der Waals surface area contributed by atoms with Crippen LogP contribution in [-0.4, -0.2) is 13.1 Å². The first-order valence-electron chi connectivity index (χ1n) is 4.64. The van der Waals surface area contributed by atoms with Gasteiger partial charge in [-0.3, -0.25) is 0 Å². The summed E-state index contributed by atoms with van der Waals surface area (Å²) in [5.74, 6) is 1.90. The lowest BCUT2D eigenvalue weighted by Gasteiger charge is -2.08. The van der Waals surface area contributed by atoms with Gasteiger partial charge in [-0.05, 0) is 31.2 Å². The molecule has 1 N–H and O–H groups in total. The van der Waals surface area contributed by atoms with Crippen molar-refractivity contribution >= 4 is 0 Å². The van der Waals surface area contributed by atoms with E-state index in [1.807, 2.05) is 6.08 Å². The van der Waals surface area contributed by atoms with Gasteiger partial charge in [0.05, 0.1) is 0 Å². The molecule has 64 valence electrons. The first-order valence-corrected chi connectivity index (χ1v) is 4.64. The third-order valence-electron chi connectivity index (χ3n) is 2.53. The van der Waals surface area contributed by atoms with Gasteiger partial charge in [0.25, 0.3) is 0 Å². The molecule has 2 atom stereocenters. The summed E-state index contributed by atoms with van der Waals surface area (Å²) in [6.07, 6.45) is 6.20. The Kier molecular flexibility index (Phi) is 3.64. The SMILES string of the molecule is C=CCNCC1CCC(C)C1. The largest absolute Gasteiger partial charge is 0.313 e. The van der Waals surface area contributed by atoms with Crippen molar-refractivity contribution in [1.29, 1.82) is 0 Å². The van der Waals surface area contributed by atoms with Crippen molar-refractivity contribution in [3.05, 3.63) is 12.7 Å². The maximum atomic E-state index is 3.68. The van der Waals surface area contributed by atoms with E-state index >= 15 is 0 Å². The van der Waals surface area contributed by atoms with E-state index in [4.69, 9.17) is 0 Å². The minimum atomic E-state index is 0.935. The van der Waals surface area contributed by atoms with Gasteiger partial charge in [-0.15, -0.1) is 6.58 Å². The standard InChI is InChI=1S/C10H19N/c1-3-6-11-8-10-5-4-9(2)7-10/h3,9-11H,1,4-8H2,2H3. The molecule has 0 aliphatic heterocycles. The van der Waals surface area contributed by atoms with E-state index in [0.717, 1.165) is 18.4 Å². The zero-order chi connectivity index (χ0) is 8.10. The van der Waals surface area contributed by atoms with Gasteiger partial charge in [0, 0.05) is 6.54 Å². The lowest BCUT2D eigenvalue weighted by Crippen LogP contribution is -2.21. The topological polar surface area (TPSA) is 12.0 Å². The summed E-state index contributed by atoms with van der Waals surface area (Å²) in [7, 11) is 0. The zero-order valence-corrected chi connectivity index (χ0v) is 7.47. The summed E-state index contributed by atoms with van der Waals surface area (Å²) in [6.45, 7) is 8.19. The Balaban J connectivity index is 2.03. The second-order valence-electron chi connectivity index (χ2n) is 3.73. The van der Waals surface area contributed by atoms with E-state index in [1.54, 1.807) is 0 Å². The third-order valence-corrected chi connectivity index (χ3v) is 2.53. The first kappa shape index (κ1) is 8.79. The Morgan fingerprint density at radius 2 is 2.36 bits per heavy atom. The van der Waals surface area contributed by atoms with Crippen LogP contribution in [0, 0.1) is 11.8 Å². The molecule has 1 heteroatoms. The van der Waals surface area contributed by atoms with Crippen molar-refractivity contribution in [3.8, 4) is 0 Å². The van der Waals surface area contributed by atoms with Gasteiger partial charge in [0.15, 0.2) is 0 Å². The molecule has 1 aliphatic rings. The Morgan fingerprint density at radius 3 is 2.91 bits per heavy atom. The smallest absolute Gasteiger partial charge is 0.0132 e. The molecule has 0 amide bonds. The zero-order valence-electron chi connectivity index (χ0n) is 7.47. The van der Waals surface area contributed by atoms with Gasteiger partial charge in [-0.1, -0.05) is 19.4 Å². The predicted octanol–water partition coefficient (Wildman–Crippen LogP) is 2.20. The van der Waals surface area contributed by atoms with Crippen molar-refractivity contribution in [2.24, 2.45) is 11.8 Å². The average molecular weight is 153 g/mol. The van der Waals surface area contributed by atoms with Gasteiger partial charge in [-0.2, -0.15) is 0 Å². The molecule has 2 unspecified atom stereocenters. The van der Waals surface area contributed by atoms with Crippen LogP contribution in [0.5, 0.6) is 0 Å². The molecule has 1 fully saturated rings. The number of rotatable bonds is 4. The maximum Gasteiger partial charge on any atom is 0.0132 e. The second-order valence-corrected chi connectivity index (χ2v) is 3.73. The maximum absolute atomic E-state index is 3.68. The minimum Gasteiger partial charge on any atom is -0.313 e. The second kappa shape index (κ2) is 4.55. The van der Waals surface area contributed by atoms with Gasteiger partial charge in [0.1, 0.15) is 0 Å². The van der Waals surface area contributed by atoms with Crippen molar-refractivity contribution < 1.29 is 0 Å². The molecule has 0 aromatic rings. The Labute approximate surface area is 69.9 Å².